The van der Waals surface area contributed by atoms with E-state index >= 15 is 0 Å². The quantitative estimate of drug-likeness (QED) is 0.817. The lowest BCUT2D eigenvalue weighted by atomic mass is 9.87. The number of likely N-dealkylation sites (tertiary alicyclic amines) is 1. The molecule has 1 aliphatic carbocycles. The molecule has 0 unspecified atom stereocenters. The number of piperazine rings is 1. The van der Waals surface area contributed by atoms with Gasteiger partial charge in [-0.25, -0.2) is 4.98 Å². The van der Waals surface area contributed by atoms with E-state index in [1.54, 1.807) is 0 Å². The van der Waals surface area contributed by atoms with Crippen molar-refractivity contribution in [2.45, 2.75) is 44.9 Å². The Balaban J connectivity index is 1.24. The molecule has 3 fully saturated rings. The SMILES string of the molecule is O=C(C1CCCCC1)N1CCC[C@H](CN2CCN(c3ccccn3)CC2)C1. The number of aromatic nitrogens is 1. The number of amides is 1. The summed E-state index contributed by atoms with van der Waals surface area (Å²) >= 11 is 0. The highest BCUT2D eigenvalue weighted by Crippen LogP contribution is 2.28. The Kier molecular flexibility index (Phi) is 6.28. The molecule has 2 saturated heterocycles. The molecule has 0 aromatic carbocycles. The van der Waals surface area contributed by atoms with Gasteiger partial charge in [0.1, 0.15) is 5.82 Å². The predicted molar refractivity (Wildman–Crippen MR) is 109 cm³/mol. The van der Waals surface area contributed by atoms with Gasteiger partial charge in [-0.1, -0.05) is 25.3 Å². The van der Waals surface area contributed by atoms with Crippen LogP contribution in [0.15, 0.2) is 24.4 Å². The third-order valence-electron chi connectivity index (χ3n) is 6.65. The maximum absolute atomic E-state index is 12.9. The summed E-state index contributed by atoms with van der Waals surface area (Å²) in [5.41, 5.74) is 0. The molecule has 1 atom stereocenters. The van der Waals surface area contributed by atoms with Crippen LogP contribution in [0.3, 0.4) is 0 Å². The molecule has 5 heteroatoms. The number of hydrogen-bond acceptors (Lipinski definition) is 4. The summed E-state index contributed by atoms with van der Waals surface area (Å²) in [7, 11) is 0. The largest absolute Gasteiger partial charge is 0.354 e. The van der Waals surface area contributed by atoms with Gasteiger partial charge in [-0.05, 0) is 43.7 Å². The number of nitrogens with zero attached hydrogens (tertiary/aromatic N) is 4. The molecule has 148 valence electrons. The summed E-state index contributed by atoms with van der Waals surface area (Å²) in [5, 5.41) is 0. The van der Waals surface area contributed by atoms with E-state index in [4.69, 9.17) is 0 Å². The lowest BCUT2D eigenvalue weighted by molar-refractivity contribution is -0.138. The molecule has 3 aliphatic rings. The van der Waals surface area contributed by atoms with Crippen molar-refractivity contribution in [3.8, 4) is 0 Å². The van der Waals surface area contributed by atoms with E-state index in [2.05, 4.69) is 31.8 Å². The molecule has 2 aliphatic heterocycles. The first-order chi connectivity index (χ1) is 13.3. The highest BCUT2D eigenvalue weighted by Gasteiger charge is 2.31. The highest BCUT2D eigenvalue weighted by atomic mass is 16.2. The fourth-order valence-electron chi connectivity index (χ4n) is 5.09. The molecule has 4 rings (SSSR count). The molecular formula is C22H34N4O. The van der Waals surface area contributed by atoms with Crippen LogP contribution in [-0.2, 0) is 4.79 Å². The number of pyridine rings is 1. The van der Waals surface area contributed by atoms with Crippen LogP contribution in [0.5, 0.6) is 0 Å². The Bertz CT molecular complexity index is 594. The predicted octanol–water partition coefficient (Wildman–Crippen LogP) is 3.02. The summed E-state index contributed by atoms with van der Waals surface area (Å²) < 4.78 is 0. The first-order valence-electron chi connectivity index (χ1n) is 11.0. The molecule has 3 heterocycles. The molecule has 5 nitrogen and oxygen atoms in total. The minimum absolute atomic E-state index is 0.319. The van der Waals surface area contributed by atoms with E-state index in [1.165, 1.54) is 32.1 Å². The van der Waals surface area contributed by atoms with Crippen molar-refractivity contribution in [2.75, 3.05) is 50.7 Å². The van der Waals surface area contributed by atoms with Gasteiger partial charge >= 0.3 is 0 Å². The number of rotatable bonds is 4. The smallest absolute Gasteiger partial charge is 0.225 e. The van der Waals surface area contributed by atoms with Gasteiger partial charge in [-0.15, -0.1) is 0 Å². The van der Waals surface area contributed by atoms with E-state index < -0.39 is 0 Å². The van der Waals surface area contributed by atoms with Gasteiger partial charge in [0, 0.05) is 57.9 Å². The maximum atomic E-state index is 12.9. The van der Waals surface area contributed by atoms with Crippen molar-refractivity contribution in [3.63, 3.8) is 0 Å². The van der Waals surface area contributed by atoms with Crippen LogP contribution in [0, 0.1) is 11.8 Å². The Hall–Kier alpha value is -1.62. The van der Waals surface area contributed by atoms with Gasteiger partial charge < -0.3 is 9.80 Å². The third kappa shape index (κ3) is 4.81. The molecule has 0 bridgehead atoms. The van der Waals surface area contributed by atoms with Crippen molar-refractivity contribution in [1.82, 2.24) is 14.8 Å². The second-order valence-electron chi connectivity index (χ2n) is 8.60. The Morgan fingerprint density at radius 3 is 2.52 bits per heavy atom. The number of carbonyl (C=O) groups excluding carboxylic acids is 1. The van der Waals surface area contributed by atoms with Crippen molar-refractivity contribution >= 4 is 11.7 Å². The molecule has 0 N–H and O–H groups in total. The summed E-state index contributed by atoms with van der Waals surface area (Å²) in [6.07, 6.45) is 10.4. The first kappa shape index (κ1) is 18.7. The van der Waals surface area contributed by atoms with E-state index in [-0.39, 0.29) is 0 Å². The van der Waals surface area contributed by atoms with E-state index in [9.17, 15) is 4.79 Å². The maximum Gasteiger partial charge on any atom is 0.225 e. The van der Waals surface area contributed by atoms with Crippen LogP contribution in [0.25, 0.3) is 0 Å². The van der Waals surface area contributed by atoms with Gasteiger partial charge in [-0.2, -0.15) is 0 Å². The van der Waals surface area contributed by atoms with Gasteiger partial charge in [0.25, 0.3) is 0 Å². The van der Waals surface area contributed by atoms with Crippen LogP contribution in [0.1, 0.15) is 44.9 Å². The number of hydrogen-bond donors (Lipinski definition) is 0. The van der Waals surface area contributed by atoms with Crippen LogP contribution in [0.4, 0.5) is 5.82 Å². The van der Waals surface area contributed by atoms with Gasteiger partial charge in [0.15, 0.2) is 0 Å². The third-order valence-corrected chi connectivity index (χ3v) is 6.65. The average Bonchev–Trinajstić information content (AvgIpc) is 2.75. The first-order valence-corrected chi connectivity index (χ1v) is 11.0. The van der Waals surface area contributed by atoms with Crippen molar-refractivity contribution in [3.05, 3.63) is 24.4 Å². The van der Waals surface area contributed by atoms with Crippen molar-refractivity contribution in [1.29, 1.82) is 0 Å². The van der Waals surface area contributed by atoms with Gasteiger partial charge in [0.05, 0.1) is 0 Å². The van der Waals surface area contributed by atoms with Crippen LogP contribution >= 0.6 is 0 Å². The number of piperidine rings is 1. The zero-order chi connectivity index (χ0) is 18.5. The summed E-state index contributed by atoms with van der Waals surface area (Å²) in [5.74, 6) is 2.52. The fourth-order valence-corrected chi connectivity index (χ4v) is 5.09. The molecule has 1 aromatic rings. The summed E-state index contributed by atoms with van der Waals surface area (Å²) in [6, 6.07) is 6.14. The normalized spacial score (nSPS) is 25.6. The monoisotopic (exact) mass is 370 g/mol. The van der Waals surface area contributed by atoms with Gasteiger partial charge in [0.2, 0.25) is 5.91 Å². The number of anilines is 1. The second-order valence-corrected chi connectivity index (χ2v) is 8.60. The zero-order valence-corrected chi connectivity index (χ0v) is 16.6. The van der Waals surface area contributed by atoms with Crippen LogP contribution in [-0.4, -0.2) is 66.5 Å². The lowest BCUT2D eigenvalue weighted by Gasteiger charge is -2.40. The van der Waals surface area contributed by atoms with Crippen LogP contribution in [0.2, 0.25) is 0 Å². The average molecular weight is 371 g/mol. The van der Waals surface area contributed by atoms with E-state index in [0.29, 0.717) is 17.7 Å². The molecule has 27 heavy (non-hydrogen) atoms. The fraction of sp³-hybridized carbons (Fsp3) is 0.727. The topological polar surface area (TPSA) is 39.7 Å². The minimum Gasteiger partial charge on any atom is -0.354 e. The van der Waals surface area contributed by atoms with Crippen molar-refractivity contribution < 1.29 is 4.79 Å². The molecule has 1 saturated carbocycles. The second kappa shape index (κ2) is 9.05. The standard InChI is InChI=1S/C22H34N4O/c27-22(20-8-2-1-3-9-20)26-12-6-7-19(18-26)17-24-13-15-25(16-14-24)21-10-4-5-11-23-21/h4-5,10-11,19-20H,1-3,6-9,12-18H2/t19-/m1/s1. The van der Waals surface area contributed by atoms with Crippen LogP contribution < -0.4 is 4.90 Å². The molecule has 1 amide bonds. The Morgan fingerprint density at radius 2 is 1.78 bits per heavy atom. The molecule has 0 radical (unpaired) electrons. The van der Waals surface area contributed by atoms with Gasteiger partial charge in [-0.3, -0.25) is 9.69 Å². The zero-order valence-electron chi connectivity index (χ0n) is 16.6. The Morgan fingerprint density at radius 1 is 0.963 bits per heavy atom. The van der Waals surface area contributed by atoms with Crippen molar-refractivity contribution in [2.24, 2.45) is 11.8 Å². The lowest BCUT2D eigenvalue weighted by Crippen LogP contribution is -2.51. The number of carbonyl (C=O) groups is 1. The highest BCUT2D eigenvalue weighted by molar-refractivity contribution is 5.79. The summed E-state index contributed by atoms with van der Waals surface area (Å²) in [4.78, 5) is 24.6. The molecular weight excluding hydrogens is 336 g/mol. The molecule has 0 spiro atoms. The van der Waals surface area contributed by atoms with E-state index in [1.807, 2.05) is 12.3 Å². The summed E-state index contributed by atoms with van der Waals surface area (Å²) in [6.45, 7) is 7.41. The Labute approximate surface area is 163 Å². The molecule has 1 aromatic heterocycles. The van der Waals surface area contributed by atoms with E-state index in [0.717, 1.165) is 64.5 Å². The minimum atomic E-state index is 0.319.